The predicted molar refractivity (Wildman–Crippen MR) is 70.1 cm³/mol. The number of fused-ring (bicyclic) bond motifs is 1. The molecule has 1 atom stereocenters. The number of benzene rings is 1. The van der Waals surface area contributed by atoms with E-state index in [9.17, 15) is 22.5 Å². The Bertz CT molecular complexity index is 779. The third kappa shape index (κ3) is 2.70. The first kappa shape index (κ1) is 15.6. The first-order chi connectivity index (χ1) is 10.8. The molecular formula is C11H8F3N5O3S. The predicted octanol–water partition coefficient (Wildman–Crippen LogP) is 0.939. The summed E-state index contributed by atoms with van der Waals surface area (Å²) in [6.45, 7) is 0. The highest BCUT2D eigenvalue weighted by molar-refractivity contribution is 7.91. The van der Waals surface area contributed by atoms with Crippen LogP contribution in [0.15, 0.2) is 17.0 Å². The van der Waals surface area contributed by atoms with Gasteiger partial charge in [-0.15, -0.1) is 0 Å². The minimum Gasteiger partial charge on any atom is -0.609 e. The Morgan fingerprint density at radius 3 is 2.83 bits per heavy atom. The van der Waals surface area contributed by atoms with Gasteiger partial charge in [-0.2, -0.15) is 13.2 Å². The van der Waals surface area contributed by atoms with E-state index in [4.69, 9.17) is 4.74 Å². The Hall–Kier alpha value is -2.34. The van der Waals surface area contributed by atoms with Crippen LogP contribution in [0.3, 0.4) is 0 Å². The summed E-state index contributed by atoms with van der Waals surface area (Å²) in [6, 6.07) is 1.67. The molecule has 1 aromatic carbocycles. The number of aromatic nitrogens is 4. The molecule has 1 aliphatic rings. The van der Waals surface area contributed by atoms with Crippen LogP contribution in [0.5, 0.6) is 5.75 Å². The van der Waals surface area contributed by atoms with E-state index in [1.165, 1.54) is 11.7 Å². The van der Waals surface area contributed by atoms with Gasteiger partial charge in [0.25, 0.3) is 11.8 Å². The lowest BCUT2D eigenvalue weighted by Crippen LogP contribution is -2.17. The highest BCUT2D eigenvalue weighted by atomic mass is 32.2. The molecular weight excluding hydrogens is 339 g/mol. The molecule has 0 radical (unpaired) electrons. The number of rotatable bonds is 2. The zero-order chi connectivity index (χ0) is 16.8. The molecule has 1 aromatic heterocycles. The fraction of sp³-hybridized carbons (Fsp3) is 0.273. The number of nitrogens with zero attached hydrogens (tertiary/aromatic N) is 4. The number of tetrazole rings is 1. The summed E-state index contributed by atoms with van der Waals surface area (Å²) in [7, 11) is 1.47. The van der Waals surface area contributed by atoms with Gasteiger partial charge in [-0.25, -0.2) is 4.68 Å². The van der Waals surface area contributed by atoms with Crippen LogP contribution in [-0.4, -0.2) is 36.6 Å². The van der Waals surface area contributed by atoms with Crippen molar-refractivity contribution in [3.05, 3.63) is 23.3 Å². The number of alkyl halides is 3. The number of carbonyl (C=O) groups excluding carboxylic acids is 1. The van der Waals surface area contributed by atoms with E-state index in [0.717, 1.165) is 6.07 Å². The number of nitrogens with one attached hydrogen (secondary N) is 1. The first-order valence-electron chi connectivity index (χ1n) is 6.08. The maximum atomic E-state index is 13.0. The smallest absolute Gasteiger partial charge is 0.421 e. The van der Waals surface area contributed by atoms with Gasteiger partial charge >= 0.3 is 6.18 Å². The summed E-state index contributed by atoms with van der Waals surface area (Å²) in [5.74, 6) is -1.55. The average molecular weight is 347 g/mol. The highest BCUT2D eigenvalue weighted by Crippen LogP contribution is 2.44. The Labute approximate surface area is 129 Å². The SMILES string of the molecule is Cn1nnnc1NC(=O)c1ccc(C(F)(F)F)c2c1OC[S+]2[O-]. The first-order valence-corrected chi connectivity index (χ1v) is 7.40. The van der Waals surface area contributed by atoms with Gasteiger partial charge < -0.3 is 9.29 Å². The van der Waals surface area contributed by atoms with Crippen molar-refractivity contribution in [1.82, 2.24) is 20.2 Å². The molecule has 12 heteroatoms. The molecule has 0 aliphatic carbocycles. The van der Waals surface area contributed by atoms with E-state index in [-0.39, 0.29) is 17.3 Å². The molecule has 0 bridgehead atoms. The number of hydrogen-bond donors (Lipinski definition) is 1. The number of ether oxygens (including phenoxy) is 1. The molecule has 1 amide bonds. The van der Waals surface area contributed by atoms with Crippen molar-refractivity contribution in [2.24, 2.45) is 7.05 Å². The minimum absolute atomic E-state index is 0.00256. The molecule has 2 aromatic rings. The highest BCUT2D eigenvalue weighted by Gasteiger charge is 2.44. The van der Waals surface area contributed by atoms with Crippen molar-refractivity contribution >= 4 is 23.0 Å². The molecule has 2 heterocycles. The Balaban J connectivity index is 2.02. The number of aryl methyl sites for hydroxylation is 1. The molecule has 0 saturated heterocycles. The number of amides is 1. The van der Waals surface area contributed by atoms with E-state index < -0.39 is 39.7 Å². The quantitative estimate of drug-likeness (QED) is 0.811. The van der Waals surface area contributed by atoms with Crippen molar-refractivity contribution < 1.29 is 27.3 Å². The number of hydrogen-bond acceptors (Lipinski definition) is 6. The molecule has 8 nitrogen and oxygen atoms in total. The lowest BCUT2D eigenvalue weighted by atomic mass is 10.1. The van der Waals surface area contributed by atoms with E-state index in [1.807, 2.05) is 0 Å². The van der Waals surface area contributed by atoms with Crippen molar-refractivity contribution in [3.63, 3.8) is 0 Å². The van der Waals surface area contributed by atoms with Gasteiger partial charge in [0.2, 0.25) is 10.8 Å². The van der Waals surface area contributed by atoms with Crippen molar-refractivity contribution in [1.29, 1.82) is 0 Å². The summed E-state index contributed by atoms with van der Waals surface area (Å²) >= 11 is -1.99. The van der Waals surface area contributed by atoms with Gasteiger partial charge in [-0.3, -0.25) is 10.1 Å². The van der Waals surface area contributed by atoms with Gasteiger partial charge in [-0.05, 0) is 22.6 Å². The molecule has 1 N–H and O–H groups in total. The second-order valence-electron chi connectivity index (χ2n) is 4.50. The standard InChI is InChI=1S/C11H8F3N5O3S/c1-19-10(16-17-18-19)15-9(20)5-2-3-6(11(12,13)14)8-7(5)22-4-23(8)21/h2-3H,4H2,1H3,(H,15,16,18,20). The topological polar surface area (TPSA) is 105 Å². The van der Waals surface area contributed by atoms with Gasteiger partial charge in [0.05, 0.1) is 5.56 Å². The number of anilines is 1. The largest absolute Gasteiger partial charge is 0.609 e. The van der Waals surface area contributed by atoms with Crippen LogP contribution in [0.25, 0.3) is 0 Å². The van der Waals surface area contributed by atoms with Crippen LogP contribution < -0.4 is 10.1 Å². The molecule has 0 fully saturated rings. The van der Waals surface area contributed by atoms with Crippen LogP contribution in [0, 0.1) is 0 Å². The second kappa shape index (κ2) is 5.38. The normalized spacial score (nSPS) is 16.8. The molecule has 1 aliphatic heterocycles. The van der Waals surface area contributed by atoms with E-state index >= 15 is 0 Å². The molecule has 122 valence electrons. The fourth-order valence-electron chi connectivity index (χ4n) is 2.01. The van der Waals surface area contributed by atoms with Gasteiger partial charge in [0.1, 0.15) is 5.56 Å². The van der Waals surface area contributed by atoms with Crippen molar-refractivity contribution in [2.45, 2.75) is 11.1 Å². The Morgan fingerprint density at radius 2 is 2.22 bits per heavy atom. The van der Waals surface area contributed by atoms with Crippen LogP contribution in [0.4, 0.5) is 19.1 Å². The average Bonchev–Trinajstić information content (AvgIpc) is 3.04. The molecule has 0 spiro atoms. The van der Waals surface area contributed by atoms with Gasteiger partial charge in [0.15, 0.2) is 5.75 Å². The van der Waals surface area contributed by atoms with Gasteiger partial charge in [-0.1, -0.05) is 5.10 Å². The Morgan fingerprint density at radius 1 is 1.48 bits per heavy atom. The summed E-state index contributed by atoms with van der Waals surface area (Å²) in [6.07, 6.45) is -4.70. The summed E-state index contributed by atoms with van der Waals surface area (Å²) in [5, 5.41) is 12.7. The summed E-state index contributed by atoms with van der Waals surface area (Å²) in [5.41, 5.74) is -1.26. The second-order valence-corrected chi connectivity index (χ2v) is 5.84. The monoisotopic (exact) mass is 347 g/mol. The van der Waals surface area contributed by atoms with E-state index in [0.29, 0.717) is 6.07 Å². The summed E-state index contributed by atoms with van der Waals surface area (Å²) < 4.78 is 57.0. The van der Waals surface area contributed by atoms with Crippen LogP contribution in [0.2, 0.25) is 0 Å². The van der Waals surface area contributed by atoms with Crippen LogP contribution in [-0.2, 0) is 24.4 Å². The minimum atomic E-state index is -4.70. The number of carbonyl (C=O) groups is 1. The third-order valence-corrected chi connectivity index (χ3v) is 4.24. The van der Waals surface area contributed by atoms with E-state index in [2.05, 4.69) is 20.8 Å². The van der Waals surface area contributed by atoms with Gasteiger partial charge in [0, 0.05) is 18.2 Å². The summed E-state index contributed by atoms with van der Waals surface area (Å²) in [4.78, 5) is 11.7. The lowest BCUT2D eigenvalue weighted by Gasteiger charge is -2.12. The molecule has 3 rings (SSSR count). The lowest BCUT2D eigenvalue weighted by molar-refractivity contribution is -0.139. The maximum Gasteiger partial charge on any atom is 0.421 e. The molecule has 1 unspecified atom stereocenters. The number of halogens is 3. The van der Waals surface area contributed by atoms with Crippen LogP contribution >= 0.6 is 0 Å². The van der Waals surface area contributed by atoms with Crippen molar-refractivity contribution in [3.8, 4) is 5.75 Å². The van der Waals surface area contributed by atoms with E-state index in [1.54, 1.807) is 0 Å². The third-order valence-electron chi connectivity index (χ3n) is 3.05. The van der Waals surface area contributed by atoms with Crippen molar-refractivity contribution in [2.75, 3.05) is 11.3 Å². The Kier molecular flexibility index (Phi) is 3.64. The maximum absolute atomic E-state index is 13.0. The van der Waals surface area contributed by atoms with Crippen LogP contribution in [0.1, 0.15) is 15.9 Å². The zero-order valence-corrected chi connectivity index (χ0v) is 12.2. The fourth-order valence-corrected chi connectivity index (χ4v) is 3.16. The zero-order valence-electron chi connectivity index (χ0n) is 11.4. The molecule has 23 heavy (non-hydrogen) atoms. The molecule has 0 saturated carbocycles.